The van der Waals surface area contributed by atoms with Crippen LogP contribution in [0.1, 0.15) is 21.0 Å². The van der Waals surface area contributed by atoms with Crippen molar-refractivity contribution in [3.8, 4) is 0 Å². The molecule has 0 radical (unpaired) electrons. The number of thiophene rings is 1. The third-order valence-corrected chi connectivity index (χ3v) is 3.93. The standard InChI is InChI=1S/C14H16N2O3S/c1-10-5-7-20-12(10)9-16(2)13(17)8-15-14(18)11-4-3-6-19-11/h3-7H,8-9H2,1-2H3,(H,15,18). The maximum Gasteiger partial charge on any atom is 0.287 e. The quantitative estimate of drug-likeness (QED) is 0.917. The maximum atomic E-state index is 11.9. The normalized spacial score (nSPS) is 10.3. The highest BCUT2D eigenvalue weighted by Crippen LogP contribution is 2.17. The highest BCUT2D eigenvalue weighted by atomic mass is 32.1. The Balaban J connectivity index is 1.82. The minimum atomic E-state index is -0.385. The summed E-state index contributed by atoms with van der Waals surface area (Å²) in [7, 11) is 1.72. The molecule has 0 atom stereocenters. The van der Waals surface area contributed by atoms with Crippen molar-refractivity contribution in [3.05, 3.63) is 46.0 Å². The van der Waals surface area contributed by atoms with Gasteiger partial charge in [0.05, 0.1) is 19.4 Å². The van der Waals surface area contributed by atoms with Gasteiger partial charge >= 0.3 is 0 Å². The third-order valence-electron chi connectivity index (χ3n) is 2.92. The first-order chi connectivity index (χ1) is 9.58. The average molecular weight is 292 g/mol. The van der Waals surface area contributed by atoms with Gasteiger partial charge in [0.25, 0.3) is 5.91 Å². The van der Waals surface area contributed by atoms with Gasteiger partial charge in [0, 0.05) is 11.9 Å². The lowest BCUT2D eigenvalue weighted by atomic mass is 10.3. The van der Waals surface area contributed by atoms with E-state index in [1.807, 2.05) is 18.4 Å². The molecule has 0 fully saturated rings. The number of amides is 2. The number of carbonyl (C=O) groups is 2. The van der Waals surface area contributed by atoms with Crippen molar-refractivity contribution in [2.75, 3.05) is 13.6 Å². The Kier molecular flexibility index (Phi) is 4.57. The van der Waals surface area contributed by atoms with Gasteiger partial charge in [-0.2, -0.15) is 0 Å². The maximum absolute atomic E-state index is 11.9. The van der Waals surface area contributed by atoms with Gasteiger partial charge in [-0.3, -0.25) is 9.59 Å². The molecule has 0 aromatic carbocycles. The Morgan fingerprint density at radius 2 is 2.20 bits per heavy atom. The third kappa shape index (κ3) is 3.48. The van der Waals surface area contributed by atoms with Gasteiger partial charge in [-0.05, 0) is 36.1 Å². The Morgan fingerprint density at radius 1 is 1.40 bits per heavy atom. The summed E-state index contributed by atoms with van der Waals surface area (Å²) in [6.45, 7) is 2.53. The first-order valence-corrected chi connectivity index (χ1v) is 7.04. The largest absolute Gasteiger partial charge is 0.459 e. The number of hydrogen-bond donors (Lipinski definition) is 1. The Labute approximate surface area is 121 Å². The highest BCUT2D eigenvalue weighted by molar-refractivity contribution is 7.10. The van der Waals surface area contributed by atoms with Crippen molar-refractivity contribution >= 4 is 23.2 Å². The van der Waals surface area contributed by atoms with Gasteiger partial charge in [-0.15, -0.1) is 11.3 Å². The first-order valence-electron chi connectivity index (χ1n) is 6.16. The molecule has 2 heterocycles. The van der Waals surface area contributed by atoms with Crippen molar-refractivity contribution in [2.45, 2.75) is 13.5 Å². The Morgan fingerprint density at radius 3 is 2.80 bits per heavy atom. The molecule has 20 heavy (non-hydrogen) atoms. The van der Waals surface area contributed by atoms with Crippen molar-refractivity contribution in [1.82, 2.24) is 10.2 Å². The Bertz CT molecular complexity index is 589. The molecular formula is C14H16N2O3S. The molecule has 0 aliphatic rings. The van der Waals surface area contributed by atoms with Crippen LogP contribution < -0.4 is 5.32 Å². The van der Waals surface area contributed by atoms with Gasteiger partial charge in [0.15, 0.2) is 5.76 Å². The molecule has 2 amide bonds. The zero-order valence-electron chi connectivity index (χ0n) is 11.4. The molecule has 0 aliphatic carbocycles. The number of nitrogens with zero attached hydrogens (tertiary/aromatic N) is 1. The van der Waals surface area contributed by atoms with Crippen LogP contribution in [0.15, 0.2) is 34.3 Å². The van der Waals surface area contributed by atoms with E-state index in [9.17, 15) is 9.59 Å². The monoisotopic (exact) mass is 292 g/mol. The van der Waals surface area contributed by atoms with Crippen LogP contribution >= 0.6 is 11.3 Å². The van der Waals surface area contributed by atoms with Crippen molar-refractivity contribution < 1.29 is 14.0 Å². The second-order valence-electron chi connectivity index (χ2n) is 4.44. The molecule has 0 saturated carbocycles. The van der Waals surface area contributed by atoms with Crippen LogP contribution in [0.4, 0.5) is 0 Å². The zero-order chi connectivity index (χ0) is 14.5. The number of carbonyl (C=O) groups excluding carboxylic acids is 2. The molecule has 0 saturated heterocycles. The molecule has 0 bridgehead atoms. The molecule has 1 N–H and O–H groups in total. The number of likely N-dealkylation sites (N-methyl/N-ethyl adjacent to an activating group) is 1. The van der Waals surface area contributed by atoms with Crippen LogP contribution in [-0.2, 0) is 11.3 Å². The predicted octanol–water partition coefficient (Wildman–Crippen LogP) is 2.04. The molecule has 0 unspecified atom stereocenters. The van der Waals surface area contributed by atoms with Crippen molar-refractivity contribution in [1.29, 1.82) is 0 Å². The smallest absolute Gasteiger partial charge is 0.287 e. The van der Waals surface area contributed by atoms with E-state index in [2.05, 4.69) is 5.32 Å². The van der Waals surface area contributed by atoms with Gasteiger partial charge in [0.2, 0.25) is 5.91 Å². The molecule has 5 nitrogen and oxygen atoms in total. The number of nitrogens with one attached hydrogen (secondary N) is 1. The van der Waals surface area contributed by atoms with E-state index in [-0.39, 0.29) is 24.1 Å². The topological polar surface area (TPSA) is 62.6 Å². The second-order valence-corrected chi connectivity index (χ2v) is 5.44. The predicted molar refractivity (Wildman–Crippen MR) is 76.6 cm³/mol. The van der Waals surface area contributed by atoms with E-state index in [0.717, 1.165) is 4.88 Å². The summed E-state index contributed by atoms with van der Waals surface area (Å²) in [4.78, 5) is 26.3. The highest BCUT2D eigenvalue weighted by Gasteiger charge is 2.14. The van der Waals surface area contributed by atoms with E-state index in [1.165, 1.54) is 11.8 Å². The minimum Gasteiger partial charge on any atom is -0.459 e. The summed E-state index contributed by atoms with van der Waals surface area (Å²) in [5.74, 6) is -0.323. The molecule has 106 valence electrons. The lowest BCUT2D eigenvalue weighted by Crippen LogP contribution is -2.37. The van der Waals surface area contributed by atoms with Crippen LogP contribution in [-0.4, -0.2) is 30.3 Å². The van der Waals surface area contributed by atoms with Crippen LogP contribution in [0.3, 0.4) is 0 Å². The lowest BCUT2D eigenvalue weighted by Gasteiger charge is -2.17. The van der Waals surface area contributed by atoms with E-state index in [1.54, 1.807) is 35.4 Å². The average Bonchev–Trinajstić information content (AvgIpc) is 3.08. The van der Waals surface area contributed by atoms with E-state index in [4.69, 9.17) is 4.42 Å². The molecule has 2 aromatic rings. The van der Waals surface area contributed by atoms with Gasteiger partial charge in [-0.1, -0.05) is 0 Å². The van der Waals surface area contributed by atoms with Gasteiger partial charge in [-0.25, -0.2) is 0 Å². The Hall–Kier alpha value is -2.08. The van der Waals surface area contributed by atoms with Crippen LogP contribution in [0.5, 0.6) is 0 Å². The summed E-state index contributed by atoms with van der Waals surface area (Å²) < 4.78 is 4.95. The summed E-state index contributed by atoms with van der Waals surface area (Å²) >= 11 is 1.62. The molecule has 2 aromatic heterocycles. The van der Waals surface area contributed by atoms with E-state index >= 15 is 0 Å². The summed E-state index contributed by atoms with van der Waals surface area (Å²) in [6.07, 6.45) is 1.42. The zero-order valence-corrected chi connectivity index (χ0v) is 12.2. The number of hydrogen-bond acceptors (Lipinski definition) is 4. The van der Waals surface area contributed by atoms with Crippen LogP contribution in [0, 0.1) is 6.92 Å². The number of rotatable bonds is 5. The molecule has 0 aliphatic heterocycles. The molecule has 0 spiro atoms. The number of aryl methyl sites for hydroxylation is 1. The van der Waals surface area contributed by atoms with Crippen LogP contribution in [0.25, 0.3) is 0 Å². The summed E-state index contributed by atoms with van der Waals surface area (Å²) in [6, 6.07) is 5.21. The fraction of sp³-hybridized carbons (Fsp3) is 0.286. The lowest BCUT2D eigenvalue weighted by molar-refractivity contribution is -0.129. The van der Waals surface area contributed by atoms with E-state index in [0.29, 0.717) is 6.54 Å². The minimum absolute atomic E-state index is 0.0412. The molecular weight excluding hydrogens is 276 g/mol. The van der Waals surface area contributed by atoms with Gasteiger partial charge < -0.3 is 14.6 Å². The summed E-state index contributed by atoms with van der Waals surface area (Å²) in [5, 5.41) is 4.54. The number of furan rings is 1. The second kappa shape index (κ2) is 6.38. The summed E-state index contributed by atoms with van der Waals surface area (Å²) in [5.41, 5.74) is 1.18. The van der Waals surface area contributed by atoms with Crippen molar-refractivity contribution in [2.24, 2.45) is 0 Å². The van der Waals surface area contributed by atoms with Crippen molar-refractivity contribution in [3.63, 3.8) is 0 Å². The van der Waals surface area contributed by atoms with Crippen LogP contribution in [0.2, 0.25) is 0 Å². The fourth-order valence-electron chi connectivity index (χ4n) is 1.66. The van der Waals surface area contributed by atoms with E-state index < -0.39 is 0 Å². The molecule has 6 heteroatoms. The first kappa shape index (κ1) is 14.3. The fourth-order valence-corrected chi connectivity index (χ4v) is 2.61. The van der Waals surface area contributed by atoms with Gasteiger partial charge in [0.1, 0.15) is 0 Å². The molecule has 2 rings (SSSR count). The SMILES string of the molecule is Cc1ccsc1CN(C)C(=O)CNC(=O)c1ccco1.